The number of carbonyl (C=O) groups excluding carboxylic acids is 1. The third kappa shape index (κ3) is 3.89. The van der Waals surface area contributed by atoms with E-state index >= 15 is 0 Å². The number of piperidine rings is 1. The Bertz CT molecular complexity index is 935. The lowest BCUT2D eigenvalue weighted by atomic mass is 9.95. The predicted molar refractivity (Wildman–Crippen MR) is 110 cm³/mol. The van der Waals surface area contributed by atoms with E-state index in [1.165, 1.54) is 15.6 Å². The maximum absolute atomic E-state index is 12.8. The minimum absolute atomic E-state index is 0.0240. The highest BCUT2D eigenvalue weighted by atomic mass is 32.2. The fourth-order valence-electron chi connectivity index (χ4n) is 3.60. The maximum atomic E-state index is 12.8. The molecule has 2 heterocycles. The quantitative estimate of drug-likeness (QED) is 0.763. The van der Waals surface area contributed by atoms with Gasteiger partial charge in [0.15, 0.2) is 0 Å². The highest BCUT2D eigenvalue weighted by molar-refractivity contribution is 7.86. The molecule has 0 N–H and O–H groups in total. The number of fused-ring (bicyclic) bond motifs is 1. The Morgan fingerprint density at radius 2 is 1.89 bits per heavy atom. The fourth-order valence-corrected chi connectivity index (χ4v) is 6.19. The van der Waals surface area contributed by atoms with Crippen LogP contribution >= 0.6 is 11.3 Å². The number of carbonyl (C=O) groups is 1. The van der Waals surface area contributed by atoms with Gasteiger partial charge in [-0.25, -0.2) is 0 Å². The molecule has 1 saturated heterocycles. The molecule has 1 fully saturated rings. The average molecular weight is 410 g/mol. The van der Waals surface area contributed by atoms with Gasteiger partial charge in [-0.05, 0) is 36.3 Å². The van der Waals surface area contributed by atoms with Crippen LogP contribution < -0.4 is 0 Å². The molecule has 8 heteroatoms. The van der Waals surface area contributed by atoms with E-state index in [0.717, 1.165) is 34.9 Å². The first-order valence-electron chi connectivity index (χ1n) is 9.15. The van der Waals surface area contributed by atoms with Gasteiger partial charge in [0.1, 0.15) is 0 Å². The zero-order chi connectivity index (χ0) is 19.8. The van der Waals surface area contributed by atoms with Gasteiger partial charge < -0.3 is 4.90 Å². The van der Waals surface area contributed by atoms with Gasteiger partial charge in [-0.15, -0.1) is 11.3 Å². The number of hydrogen-bond donors (Lipinski definition) is 0. The van der Waals surface area contributed by atoms with Crippen molar-refractivity contribution in [3.8, 4) is 0 Å². The third-order valence-corrected chi connectivity index (χ3v) is 8.27. The summed E-state index contributed by atoms with van der Waals surface area (Å²) >= 11 is 1.49. The molecular weight excluding hydrogens is 382 g/mol. The van der Waals surface area contributed by atoms with Crippen LogP contribution in [0.25, 0.3) is 10.1 Å². The van der Waals surface area contributed by atoms with Crippen LogP contribution in [-0.2, 0) is 16.6 Å². The van der Waals surface area contributed by atoms with E-state index in [1.807, 2.05) is 24.3 Å². The topological polar surface area (TPSA) is 60.9 Å². The molecule has 1 aromatic carbocycles. The minimum Gasteiger partial charge on any atom is -0.344 e. The first-order chi connectivity index (χ1) is 12.7. The average Bonchev–Trinajstić information content (AvgIpc) is 2.99. The van der Waals surface area contributed by atoms with Crippen LogP contribution in [0, 0.1) is 0 Å². The van der Waals surface area contributed by atoms with Gasteiger partial charge in [0, 0.05) is 45.5 Å². The van der Waals surface area contributed by atoms with Gasteiger partial charge >= 0.3 is 0 Å². The summed E-state index contributed by atoms with van der Waals surface area (Å²) in [6.45, 7) is 0.532. The molecule has 1 aromatic heterocycles. The molecule has 0 spiro atoms. The number of benzene rings is 1. The molecule has 0 unspecified atom stereocenters. The molecule has 1 atom stereocenters. The van der Waals surface area contributed by atoms with E-state index in [4.69, 9.17) is 0 Å². The van der Waals surface area contributed by atoms with Gasteiger partial charge in [0.2, 0.25) is 0 Å². The Balaban J connectivity index is 2.04. The van der Waals surface area contributed by atoms with Crippen molar-refractivity contribution < 1.29 is 13.2 Å². The second kappa shape index (κ2) is 7.87. The number of hydrogen-bond acceptors (Lipinski definition) is 4. The normalized spacial score (nSPS) is 18.9. The van der Waals surface area contributed by atoms with E-state index in [0.29, 0.717) is 17.8 Å². The Kier molecular flexibility index (Phi) is 5.90. The second-order valence-corrected chi connectivity index (χ2v) is 10.5. The Morgan fingerprint density at radius 1 is 1.19 bits per heavy atom. The Labute approximate surface area is 165 Å². The molecule has 1 aliphatic rings. The second-order valence-electron chi connectivity index (χ2n) is 7.36. The molecule has 0 radical (unpaired) electrons. The van der Waals surface area contributed by atoms with Crippen LogP contribution in [0.1, 0.15) is 34.5 Å². The van der Waals surface area contributed by atoms with Gasteiger partial charge in [0.25, 0.3) is 16.1 Å². The summed E-state index contributed by atoms with van der Waals surface area (Å²) in [5.41, 5.74) is 0.972. The molecule has 0 bridgehead atoms. The largest absolute Gasteiger partial charge is 0.344 e. The van der Waals surface area contributed by atoms with E-state index in [1.54, 1.807) is 37.4 Å². The lowest BCUT2D eigenvalue weighted by molar-refractivity contribution is 0.0831. The summed E-state index contributed by atoms with van der Waals surface area (Å²) in [6.07, 6.45) is 3.25. The Hall–Kier alpha value is -1.48. The summed E-state index contributed by atoms with van der Waals surface area (Å²) in [4.78, 5) is 15.1. The lowest BCUT2D eigenvalue weighted by Gasteiger charge is -2.36. The summed E-state index contributed by atoms with van der Waals surface area (Å²) in [5.74, 6) is -0.0240. The van der Waals surface area contributed by atoms with Crippen molar-refractivity contribution in [3.63, 3.8) is 0 Å². The molecule has 6 nitrogen and oxygen atoms in total. The van der Waals surface area contributed by atoms with Crippen molar-refractivity contribution in [2.24, 2.45) is 0 Å². The van der Waals surface area contributed by atoms with Crippen LogP contribution in [0.2, 0.25) is 0 Å². The van der Waals surface area contributed by atoms with Gasteiger partial charge in [-0.3, -0.25) is 4.79 Å². The SMILES string of the molecule is CN(C)C(=O)c1sc2ccccc2c1C[C@H]1CCCCN1S(=O)(=O)N(C)C. The van der Waals surface area contributed by atoms with Crippen molar-refractivity contribution in [1.29, 1.82) is 0 Å². The standard InChI is InChI=1S/C19H27N3O3S2/c1-20(2)19(23)18-16(15-10-5-6-11-17(15)26-18)13-14-9-7-8-12-22(14)27(24,25)21(3)4/h5-6,10-11,14H,7-9,12-13H2,1-4H3/t14-/m1/s1. The summed E-state index contributed by atoms with van der Waals surface area (Å²) < 4.78 is 29.6. The molecule has 27 heavy (non-hydrogen) atoms. The monoisotopic (exact) mass is 409 g/mol. The zero-order valence-electron chi connectivity index (χ0n) is 16.3. The van der Waals surface area contributed by atoms with Crippen molar-refractivity contribution in [2.75, 3.05) is 34.7 Å². The predicted octanol–water partition coefficient (Wildman–Crippen LogP) is 2.81. The number of thiophene rings is 1. The van der Waals surface area contributed by atoms with Crippen molar-refractivity contribution >= 4 is 37.5 Å². The van der Waals surface area contributed by atoms with Crippen molar-refractivity contribution in [2.45, 2.75) is 31.7 Å². The van der Waals surface area contributed by atoms with Crippen LogP contribution in [-0.4, -0.2) is 68.6 Å². The molecule has 0 aliphatic carbocycles. The number of amides is 1. The summed E-state index contributed by atoms with van der Waals surface area (Å²) in [7, 11) is 3.16. The molecule has 1 amide bonds. The number of nitrogens with zero attached hydrogens (tertiary/aromatic N) is 3. The summed E-state index contributed by atoms with van der Waals surface area (Å²) in [5, 5.41) is 1.06. The first-order valence-corrected chi connectivity index (χ1v) is 11.4. The molecule has 148 valence electrons. The fraction of sp³-hybridized carbons (Fsp3) is 0.526. The minimum atomic E-state index is -3.48. The number of rotatable bonds is 5. The molecule has 0 saturated carbocycles. The van der Waals surface area contributed by atoms with Crippen molar-refractivity contribution in [3.05, 3.63) is 34.7 Å². The first kappa shape index (κ1) is 20.3. The highest BCUT2D eigenvalue weighted by Gasteiger charge is 2.35. The summed E-state index contributed by atoms with van der Waals surface area (Å²) in [6, 6.07) is 7.86. The highest BCUT2D eigenvalue weighted by Crippen LogP contribution is 2.35. The molecule has 2 aromatic rings. The smallest absolute Gasteiger partial charge is 0.281 e. The van der Waals surface area contributed by atoms with Crippen LogP contribution in [0.4, 0.5) is 0 Å². The zero-order valence-corrected chi connectivity index (χ0v) is 17.9. The van der Waals surface area contributed by atoms with Crippen LogP contribution in [0.15, 0.2) is 24.3 Å². The van der Waals surface area contributed by atoms with E-state index in [-0.39, 0.29) is 11.9 Å². The van der Waals surface area contributed by atoms with Crippen LogP contribution in [0.3, 0.4) is 0 Å². The van der Waals surface area contributed by atoms with Gasteiger partial charge in [-0.2, -0.15) is 17.0 Å². The van der Waals surface area contributed by atoms with Gasteiger partial charge in [-0.1, -0.05) is 24.6 Å². The van der Waals surface area contributed by atoms with E-state index in [9.17, 15) is 13.2 Å². The van der Waals surface area contributed by atoms with Gasteiger partial charge in [0.05, 0.1) is 4.88 Å². The maximum Gasteiger partial charge on any atom is 0.281 e. The van der Waals surface area contributed by atoms with E-state index in [2.05, 4.69) is 0 Å². The molecule has 3 rings (SSSR count). The molecular formula is C19H27N3O3S2. The third-order valence-electron chi connectivity index (χ3n) is 5.07. The molecule has 1 aliphatic heterocycles. The van der Waals surface area contributed by atoms with Crippen molar-refractivity contribution in [1.82, 2.24) is 13.5 Å². The lowest BCUT2D eigenvalue weighted by Crippen LogP contribution is -2.49. The Morgan fingerprint density at radius 3 is 2.56 bits per heavy atom. The van der Waals surface area contributed by atoms with E-state index < -0.39 is 10.2 Å². The van der Waals surface area contributed by atoms with Crippen LogP contribution in [0.5, 0.6) is 0 Å².